The van der Waals surface area contributed by atoms with E-state index in [9.17, 15) is 9.90 Å². The van der Waals surface area contributed by atoms with Crippen LogP contribution in [0, 0.1) is 34.5 Å². The van der Waals surface area contributed by atoms with Crippen molar-refractivity contribution < 1.29 is 24.1 Å². The number of fused-ring (bicyclic) bond motifs is 5. The van der Waals surface area contributed by atoms with E-state index in [-0.39, 0.29) is 28.6 Å². The summed E-state index contributed by atoms with van der Waals surface area (Å²) in [5.74, 6) is 3.99. The summed E-state index contributed by atoms with van der Waals surface area (Å²) < 4.78 is 16.4. The van der Waals surface area contributed by atoms with Crippen molar-refractivity contribution in [3.8, 4) is 17.2 Å². The Hall–Kier alpha value is -2.27. The maximum absolute atomic E-state index is 13.6. The fourth-order valence-electron chi connectivity index (χ4n) is 8.60. The molecule has 7 unspecified atom stereocenters. The highest BCUT2D eigenvalue weighted by atomic mass is 16.5. The van der Waals surface area contributed by atoms with Crippen molar-refractivity contribution in [2.45, 2.75) is 71.3 Å². The Labute approximate surface area is 215 Å². The van der Waals surface area contributed by atoms with Crippen molar-refractivity contribution in [2.24, 2.45) is 34.5 Å². The first-order chi connectivity index (χ1) is 17.2. The van der Waals surface area contributed by atoms with Crippen molar-refractivity contribution in [3.63, 3.8) is 0 Å². The summed E-state index contributed by atoms with van der Waals surface area (Å²) in [5.41, 5.74) is 2.66. The molecule has 36 heavy (non-hydrogen) atoms. The van der Waals surface area contributed by atoms with Gasteiger partial charge in [0.1, 0.15) is 0 Å². The number of carbonyl (C=O) groups is 1. The van der Waals surface area contributed by atoms with Crippen LogP contribution in [0.1, 0.15) is 70.8 Å². The zero-order chi connectivity index (χ0) is 25.7. The van der Waals surface area contributed by atoms with Crippen LogP contribution >= 0.6 is 0 Å². The number of aliphatic hydroxyl groups excluding tert-OH is 1. The molecule has 0 aliphatic heterocycles. The van der Waals surface area contributed by atoms with Gasteiger partial charge in [0, 0.05) is 5.92 Å². The lowest BCUT2D eigenvalue weighted by molar-refractivity contribution is -0.124. The van der Waals surface area contributed by atoms with E-state index in [1.807, 2.05) is 18.2 Å². The summed E-state index contributed by atoms with van der Waals surface area (Å²) in [6.45, 7) is 4.85. The lowest BCUT2D eigenvalue weighted by Crippen LogP contribution is -2.50. The Kier molecular flexibility index (Phi) is 6.74. The third-order valence-corrected chi connectivity index (χ3v) is 10.5. The van der Waals surface area contributed by atoms with Crippen molar-refractivity contribution in [1.29, 1.82) is 0 Å². The predicted molar refractivity (Wildman–Crippen MR) is 141 cm³/mol. The summed E-state index contributed by atoms with van der Waals surface area (Å²) in [6, 6.07) is 3.76. The second-order valence-electron chi connectivity index (χ2n) is 12.0. The number of aliphatic hydroxyl groups is 1. The number of benzene rings is 1. The monoisotopic (exact) mass is 494 g/mol. The highest BCUT2D eigenvalue weighted by Gasteiger charge is 2.59. The molecular weight excluding hydrogens is 452 g/mol. The van der Waals surface area contributed by atoms with Gasteiger partial charge in [-0.1, -0.05) is 31.6 Å². The Balaban J connectivity index is 1.35. The van der Waals surface area contributed by atoms with Crippen LogP contribution < -0.4 is 14.2 Å². The minimum absolute atomic E-state index is 0.0633. The number of rotatable bonds is 6. The topological polar surface area (TPSA) is 65.0 Å². The molecule has 0 heterocycles. The minimum Gasteiger partial charge on any atom is -0.493 e. The van der Waals surface area contributed by atoms with Crippen molar-refractivity contribution >= 4 is 11.9 Å². The number of methoxy groups -OCH3 is 3. The highest BCUT2D eigenvalue weighted by molar-refractivity contribution is 5.96. The first kappa shape index (κ1) is 25.4. The van der Waals surface area contributed by atoms with Crippen LogP contribution in [0.15, 0.2) is 29.9 Å². The smallest absolute Gasteiger partial charge is 0.203 e. The quantitative estimate of drug-likeness (QED) is 0.375. The first-order valence-electron chi connectivity index (χ1n) is 13.6. The van der Waals surface area contributed by atoms with Gasteiger partial charge in [-0.3, -0.25) is 4.79 Å². The molecule has 3 fully saturated rings. The Bertz CT molecular complexity index is 1050. The van der Waals surface area contributed by atoms with Crippen molar-refractivity contribution in [3.05, 3.63) is 35.4 Å². The van der Waals surface area contributed by atoms with E-state index in [1.165, 1.54) is 12.0 Å². The second kappa shape index (κ2) is 9.55. The van der Waals surface area contributed by atoms with Crippen LogP contribution in [0.4, 0.5) is 0 Å². The number of ketones is 1. The van der Waals surface area contributed by atoms with Gasteiger partial charge in [0.05, 0.1) is 27.4 Å². The average molecular weight is 495 g/mol. The van der Waals surface area contributed by atoms with E-state index in [2.05, 4.69) is 19.9 Å². The lowest BCUT2D eigenvalue weighted by Gasteiger charge is -2.57. The van der Waals surface area contributed by atoms with E-state index >= 15 is 0 Å². The minimum atomic E-state index is -0.166. The van der Waals surface area contributed by atoms with Gasteiger partial charge in [0.25, 0.3) is 0 Å². The lowest BCUT2D eigenvalue weighted by atomic mass is 9.47. The summed E-state index contributed by atoms with van der Waals surface area (Å²) in [5, 5.41) is 10.3. The predicted octanol–water partition coefficient (Wildman–Crippen LogP) is 6.23. The van der Waals surface area contributed by atoms with Crippen LogP contribution in [0.2, 0.25) is 0 Å². The number of carbonyl (C=O) groups excluding carboxylic acids is 1. The summed E-state index contributed by atoms with van der Waals surface area (Å²) in [6.07, 6.45) is 14.4. The molecule has 0 radical (unpaired) electrons. The van der Waals surface area contributed by atoms with E-state index < -0.39 is 0 Å². The highest BCUT2D eigenvalue weighted by Crippen LogP contribution is 2.66. The molecule has 0 aromatic heterocycles. The summed E-state index contributed by atoms with van der Waals surface area (Å²) in [4.78, 5) is 13.6. The fourth-order valence-corrected chi connectivity index (χ4v) is 8.60. The van der Waals surface area contributed by atoms with E-state index in [4.69, 9.17) is 14.2 Å². The first-order valence-corrected chi connectivity index (χ1v) is 13.6. The van der Waals surface area contributed by atoms with Gasteiger partial charge in [-0.2, -0.15) is 0 Å². The molecule has 3 saturated carbocycles. The van der Waals surface area contributed by atoms with Gasteiger partial charge < -0.3 is 19.3 Å². The van der Waals surface area contributed by atoms with E-state index in [1.54, 1.807) is 27.4 Å². The van der Waals surface area contributed by atoms with Gasteiger partial charge in [-0.15, -0.1) is 0 Å². The molecule has 0 saturated heterocycles. The van der Waals surface area contributed by atoms with Crippen LogP contribution in [0.3, 0.4) is 0 Å². The fraction of sp³-hybridized carbons (Fsp3) is 0.645. The Morgan fingerprint density at radius 3 is 2.36 bits per heavy atom. The summed E-state index contributed by atoms with van der Waals surface area (Å²) >= 11 is 0. The third kappa shape index (κ3) is 3.98. The zero-order valence-corrected chi connectivity index (χ0v) is 22.5. The average Bonchev–Trinajstić information content (AvgIpc) is 3.24. The SMILES string of the molecule is COc1cc(/C=C/C(=O)C2CCC3C4CC=C5CC(O)CCC5(C)C4CCC23C)cc(OC)c1OC. The zero-order valence-electron chi connectivity index (χ0n) is 22.5. The molecule has 4 aliphatic rings. The Morgan fingerprint density at radius 1 is 0.972 bits per heavy atom. The maximum Gasteiger partial charge on any atom is 0.203 e. The Morgan fingerprint density at radius 2 is 1.69 bits per heavy atom. The van der Waals surface area contributed by atoms with Gasteiger partial charge >= 0.3 is 0 Å². The molecule has 196 valence electrons. The van der Waals surface area contributed by atoms with E-state index in [0.717, 1.165) is 50.5 Å². The van der Waals surface area contributed by atoms with Gasteiger partial charge in [0.15, 0.2) is 17.3 Å². The molecule has 1 N–H and O–H groups in total. The van der Waals surface area contributed by atoms with Crippen LogP contribution in [0.5, 0.6) is 17.2 Å². The third-order valence-electron chi connectivity index (χ3n) is 10.5. The van der Waals surface area contributed by atoms with Crippen LogP contribution in [0.25, 0.3) is 6.08 Å². The molecule has 5 nitrogen and oxygen atoms in total. The number of ether oxygens (including phenoxy) is 3. The molecule has 7 atom stereocenters. The van der Waals surface area contributed by atoms with Gasteiger partial charge in [-0.05, 0) is 104 Å². The number of hydrogen-bond acceptors (Lipinski definition) is 5. The van der Waals surface area contributed by atoms with Crippen LogP contribution in [-0.4, -0.2) is 38.3 Å². The normalized spacial score (nSPS) is 37.5. The molecule has 1 aromatic rings. The number of allylic oxidation sites excluding steroid dienone is 2. The standard InChI is InChI=1S/C31H42O5/c1-30-14-12-21(32)18-20(30)7-8-22-23-9-10-25(31(23,2)15-13-24(22)30)26(33)11-6-19-16-27(34-3)29(36-5)28(17-19)35-4/h6-7,11,16-17,21-25,32H,8-10,12-15,18H2,1-5H3/b11-6+. The largest absolute Gasteiger partial charge is 0.493 e. The molecule has 4 aliphatic carbocycles. The van der Waals surface area contributed by atoms with E-state index in [0.29, 0.717) is 35.0 Å². The second-order valence-corrected chi connectivity index (χ2v) is 12.0. The molecule has 5 heteroatoms. The van der Waals surface area contributed by atoms with Gasteiger partial charge in [-0.25, -0.2) is 0 Å². The molecular formula is C31H42O5. The van der Waals surface area contributed by atoms with Gasteiger partial charge in [0.2, 0.25) is 5.75 Å². The number of hydrogen-bond donors (Lipinski definition) is 1. The van der Waals surface area contributed by atoms with Crippen molar-refractivity contribution in [1.82, 2.24) is 0 Å². The summed E-state index contributed by atoms with van der Waals surface area (Å²) in [7, 11) is 4.79. The molecule has 5 rings (SSSR count). The molecule has 1 aromatic carbocycles. The molecule has 0 amide bonds. The van der Waals surface area contributed by atoms with Crippen LogP contribution in [-0.2, 0) is 4.79 Å². The molecule has 0 bridgehead atoms. The molecule has 0 spiro atoms. The van der Waals surface area contributed by atoms with Crippen molar-refractivity contribution in [2.75, 3.05) is 21.3 Å². The maximum atomic E-state index is 13.6.